The zero-order valence-corrected chi connectivity index (χ0v) is 12.8. The van der Waals surface area contributed by atoms with Crippen LogP contribution in [0.2, 0.25) is 5.02 Å². The Morgan fingerprint density at radius 3 is 2.55 bits per heavy atom. The van der Waals surface area contributed by atoms with Crippen molar-refractivity contribution < 1.29 is 9.18 Å². The standard InChI is InChI=1S/C15H20ClFN2O/c1-4-9-18-19(15(20)11(5-2)6-3)14-8-7-12(17)10-13(14)16/h7-11H,4-6H2,1-3H3/b18-9+. The molecule has 0 saturated heterocycles. The summed E-state index contributed by atoms with van der Waals surface area (Å²) in [5, 5.41) is 5.63. The molecule has 1 aromatic rings. The van der Waals surface area contributed by atoms with Gasteiger partial charge in [0.25, 0.3) is 5.91 Å². The third-order valence-electron chi connectivity index (χ3n) is 3.06. The van der Waals surface area contributed by atoms with Gasteiger partial charge in [-0.1, -0.05) is 32.4 Å². The lowest BCUT2D eigenvalue weighted by Gasteiger charge is -2.22. The van der Waals surface area contributed by atoms with E-state index >= 15 is 0 Å². The van der Waals surface area contributed by atoms with E-state index in [1.807, 2.05) is 20.8 Å². The van der Waals surface area contributed by atoms with Gasteiger partial charge in [-0.15, -0.1) is 0 Å². The van der Waals surface area contributed by atoms with Crippen molar-refractivity contribution >= 4 is 29.4 Å². The molecular formula is C15H20ClFN2O. The van der Waals surface area contributed by atoms with Crippen LogP contribution < -0.4 is 5.01 Å². The number of carbonyl (C=O) groups excluding carboxylic acids is 1. The number of rotatable bonds is 6. The Hall–Kier alpha value is -1.42. The molecule has 5 heteroatoms. The van der Waals surface area contributed by atoms with Crippen molar-refractivity contribution in [1.82, 2.24) is 0 Å². The molecule has 0 aliphatic rings. The molecule has 0 unspecified atom stereocenters. The zero-order valence-electron chi connectivity index (χ0n) is 12.1. The van der Waals surface area contributed by atoms with E-state index in [0.717, 1.165) is 12.8 Å². The number of hydrazone groups is 1. The number of nitrogens with zero attached hydrogens (tertiary/aromatic N) is 2. The van der Waals surface area contributed by atoms with Gasteiger partial charge in [0.05, 0.1) is 10.7 Å². The number of carbonyl (C=O) groups is 1. The van der Waals surface area contributed by atoms with E-state index in [9.17, 15) is 9.18 Å². The van der Waals surface area contributed by atoms with Crippen molar-refractivity contribution in [2.75, 3.05) is 5.01 Å². The summed E-state index contributed by atoms with van der Waals surface area (Å²) >= 11 is 6.03. The Bertz CT molecular complexity index is 487. The van der Waals surface area contributed by atoms with Crippen molar-refractivity contribution in [1.29, 1.82) is 0 Å². The molecule has 0 aliphatic carbocycles. The minimum atomic E-state index is -0.437. The number of hydrogen-bond donors (Lipinski definition) is 0. The normalized spacial score (nSPS) is 11.3. The van der Waals surface area contributed by atoms with Gasteiger partial charge in [0.2, 0.25) is 0 Å². The smallest absolute Gasteiger partial charge is 0.250 e. The number of halogens is 2. The molecule has 0 saturated carbocycles. The van der Waals surface area contributed by atoms with Crippen LogP contribution in [0.15, 0.2) is 23.3 Å². The molecule has 1 aromatic carbocycles. The molecule has 0 atom stereocenters. The van der Waals surface area contributed by atoms with Crippen LogP contribution in [-0.4, -0.2) is 12.1 Å². The molecular weight excluding hydrogens is 279 g/mol. The maximum Gasteiger partial charge on any atom is 0.250 e. The highest BCUT2D eigenvalue weighted by Crippen LogP contribution is 2.29. The molecule has 110 valence electrons. The van der Waals surface area contributed by atoms with Gasteiger partial charge >= 0.3 is 0 Å². The Kier molecular flexibility index (Phi) is 6.65. The quantitative estimate of drug-likeness (QED) is 0.556. The summed E-state index contributed by atoms with van der Waals surface area (Å²) in [6, 6.07) is 3.94. The van der Waals surface area contributed by atoms with E-state index in [1.54, 1.807) is 6.21 Å². The molecule has 0 spiro atoms. The fourth-order valence-corrected chi connectivity index (χ4v) is 2.11. The number of benzene rings is 1. The third-order valence-corrected chi connectivity index (χ3v) is 3.36. The van der Waals surface area contributed by atoms with Crippen molar-refractivity contribution in [2.45, 2.75) is 40.0 Å². The van der Waals surface area contributed by atoms with Crippen molar-refractivity contribution in [2.24, 2.45) is 11.0 Å². The second kappa shape index (κ2) is 8.00. The Morgan fingerprint density at radius 2 is 2.05 bits per heavy atom. The van der Waals surface area contributed by atoms with Crippen LogP contribution in [0.4, 0.5) is 10.1 Å². The monoisotopic (exact) mass is 298 g/mol. The van der Waals surface area contributed by atoms with Crippen LogP contribution in [0.5, 0.6) is 0 Å². The lowest BCUT2D eigenvalue weighted by atomic mass is 10.0. The molecule has 0 N–H and O–H groups in total. The highest BCUT2D eigenvalue weighted by atomic mass is 35.5. The first-order chi connectivity index (χ1) is 9.54. The summed E-state index contributed by atoms with van der Waals surface area (Å²) in [5.74, 6) is -0.675. The van der Waals surface area contributed by atoms with Crippen LogP contribution in [-0.2, 0) is 4.79 Å². The fraction of sp³-hybridized carbons (Fsp3) is 0.467. The molecule has 20 heavy (non-hydrogen) atoms. The zero-order chi connectivity index (χ0) is 15.1. The van der Waals surface area contributed by atoms with Crippen LogP contribution in [0.1, 0.15) is 40.0 Å². The first-order valence-corrected chi connectivity index (χ1v) is 7.24. The summed E-state index contributed by atoms with van der Waals surface area (Å²) in [4.78, 5) is 12.5. The first-order valence-electron chi connectivity index (χ1n) is 6.86. The predicted molar refractivity (Wildman–Crippen MR) is 81.8 cm³/mol. The summed E-state index contributed by atoms with van der Waals surface area (Å²) in [7, 11) is 0. The first kappa shape index (κ1) is 16.6. The maximum absolute atomic E-state index is 13.1. The SMILES string of the molecule is CC/C=N/N(C(=O)C(CC)CC)c1ccc(F)cc1Cl. The molecule has 0 bridgehead atoms. The van der Waals surface area contributed by atoms with Gasteiger partial charge in [-0.25, -0.2) is 4.39 Å². The van der Waals surface area contributed by atoms with E-state index < -0.39 is 5.82 Å². The second-order valence-corrected chi connectivity index (χ2v) is 4.87. The fourth-order valence-electron chi connectivity index (χ4n) is 1.87. The molecule has 1 amide bonds. The van der Waals surface area contributed by atoms with Crippen molar-refractivity contribution in [3.05, 3.63) is 29.0 Å². The van der Waals surface area contributed by atoms with Crippen molar-refractivity contribution in [3.63, 3.8) is 0 Å². The average Bonchev–Trinajstić information content (AvgIpc) is 2.42. The molecule has 3 nitrogen and oxygen atoms in total. The average molecular weight is 299 g/mol. The molecule has 0 aliphatic heterocycles. The maximum atomic E-state index is 13.1. The summed E-state index contributed by atoms with van der Waals surface area (Å²) < 4.78 is 13.1. The van der Waals surface area contributed by atoms with Crippen molar-refractivity contribution in [3.8, 4) is 0 Å². The van der Waals surface area contributed by atoms with E-state index in [0.29, 0.717) is 12.1 Å². The third kappa shape index (κ3) is 4.04. The Balaban J connectivity index is 3.18. The highest BCUT2D eigenvalue weighted by Gasteiger charge is 2.24. The van der Waals surface area contributed by atoms with Gasteiger partial charge in [-0.05, 0) is 37.5 Å². The van der Waals surface area contributed by atoms with Crippen LogP contribution in [0.25, 0.3) is 0 Å². The largest absolute Gasteiger partial charge is 0.272 e. The molecule has 0 radical (unpaired) electrons. The van der Waals surface area contributed by atoms with Gasteiger partial charge in [0.1, 0.15) is 5.82 Å². The topological polar surface area (TPSA) is 32.7 Å². The Labute approximate surface area is 124 Å². The minimum Gasteiger partial charge on any atom is -0.272 e. The van der Waals surface area contributed by atoms with E-state index in [1.165, 1.54) is 23.2 Å². The molecule has 0 fully saturated rings. The predicted octanol–water partition coefficient (Wildman–Crippen LogP) is 4.64. The Morgan fingerprint density at radius 1 is 1.40 bits per heavy atom. The van der Waals surface area contributed by atoms with Gasteiger partial charge in [-0.3, -0.25) is 4.79 Å². The number of amides is 1. The van der Waals surface area contributed by atoms with Gasteiger partial charge < -0.3 is 0 Å². The molecule has 1 rings (SSSR count). The van der Waals surface area contributed by atoms with E-state index in [-0.39, 0.29) is 16.8 Å². The van der Waals surface area contributed by atoms with Gasteiger partial charge in [-0.2, -0.15) is 10.1 Å². The number of anilines is 1. The van der Waals surface area contributed by atoms with Gasteiger partial charge in [0, 0.05) is 12.1 Å². The molecule has 0 aromatic heterocycles. The highest BCUT2D eigenvalue weighted by molar-refractivity contribution is 6.33. The number of hydrogen-bond acceptors (Lipinski definition) is 2. The lowest BCUT2D eigenvalue weighted by Crippen LogP contribution is -2.32. The summed E-state index contributed by atoms with van der Waals surface area (Å²) in [6.45, 7) is 5.84. The van der Waals surface area contributed by atoms with Gasteiger partial charge in [0.15, 0.2) is 0 Å². The molecule has 0 heterocycles. The summed E-state index contributed by atoms with van der Waals surface area (Å²) in [6.07, 6.45) is 3.80. The van der Waals surface area contributed by atoms with E-state index in [4.69, 9.17) is 11.6 Å². The van der Waals surface area contributed by atoms with Crippen LogP contribution >= 0.6 is 11.6 Å². The lowest BCUT2D eigenvalue weighted by molar-refractivity contribution is -0.122. The summed E-state index contributed by atoms with van der Waals surface area (Å²) in [5.41, 5.74) is 0.412. The van der Waals surface area contributed by atoms with Crippen LogP contribution in [0, 0.1) is 11.7 Å². The van der Waals surface area contributed by atoms with Crippen LogP contribution in [0.3, 0.4) is 0 Å². The second-order valence-electron chi connectivity index (χ2n) is 4.47. The van der Waals surface area contributed by atoms with E-state index in [2.05, 4.69) is 5.10 Å². The minimum absolute atomic E-state index is 0.117.